The maximum atomic E-state index is 13.8. The zero-order valence-electron chi connectivity index (χ0n) is 8.83. The van der Waals surface area contributed by atoms with E-state index in [2.05, 4.69) is 0 Å². The van der Waals surface area contributed by atoms with Gasteiger partial charge in [0.05, 0.1) is 6.10 Å². The van der Waals surface area contributed by atoms with Crippen molar-refractivity contribution in [2.45, 2.75) is 31.2 Å². The molecule has 2 rings (SSSR count). The molecular weight excluding hydrogens is 235 g/mol. The van der Waals surface area contributed by atoms with Crippen LogP contribution in [0.15, 0.2) is 21.9 Å². The summed E-state index contributed by atoms with van der Waals surface area (Å²) in [4.78, 5) is 24.1. The molecule has 0 aromatic carbocycles. The molecule has 17 heavy (non-hydrogen) atoms. The molecule has 1 aliphatic rings. The van der Waals surface area contributed by atoms with Gasteiger partial charge in [-0.2, -0.15) is 0 Å². The summed E-state index contributed by atoms with van der Waals surface area (Å²) in [6.07, 6.45) is -3.46. The third-order valence-corrected chi connectivity index (χ3v) is 2.65. The Kier molecular flexibility index (Phi) is 2.64. The molecule has 0 bridgehead atoms. The normalized spacial score (nSPS) is 37.3. The highest BCUT2D eigenvalue weighted by Gasteiger charge is 2.56. The maximum Gasteiger partial charge on any atom is 0.330 e. The third-order valence-electron chi connectivity index (χ3n) is 2.65. The standard InChI is InChI=1S/C9H11FN2O5/c1-4-6(14)9(10,16)7(17-4)12-3-2-5(13)11-8(12)15/h2-4,6-7,14,16H,1H3,(H,11,13,15)/t4-,6-,7-,9-/m1/s1. The van der Waals surface area contributed by atoms with E-state index in [1.165, 1.54) is 6.92 Å². The molecule has 1 aromatic rings. The predicted octanol–water partition coefficient (Wildman–Crippen LogP) is -1.53. The van der Waals surface area contributed by atoms with Crippen molar-refractivity contribution in [1.82, 2.24) is 9.55 Å². The number of nitrogens with zero attached hydrogens (tertiary/aromatic N) is 1. The molecule has 0 amide bonds. The lowest BCUT2D eigenvalue weighted by Crippen LogP contribution is -2.45. The van der Waals surface area contributed by atoms with Gasteiger partial charge in [0.25, 0.3) is 11.4 Å². The lowest BCUT2D eigenvalue weighted by Gasteiger charge is -2.23. The van der Waals surface area contributed by atoms with Crippen molar-refractivity contribution in [3.63, 3.8) is 0 Å². The van der Waals surface area contributed by atoms with Gasteiger partial charge in [-0.3, -0.25) is 14.3 Å². The predicted molar refractivity (Wildman–Crippen MR) is 53.0 cm³/mol. The van der Waals surface area contributed by atoms with Gasteiger partial charge in [0.15, 0.2) is 6.23 Å². The van der Waals surface area contributed by atoms with E-state index in [0.29, 0.717) is 4.57 Å². The van der Waals surface area contributed by atoms with Crippen LogP contribution < -0.4 is 11.2 Å². The summed E-state index contributed by atoms with van der Waals surface area (Å²) in [5.41, 5.74) is -1.58. The Bertz CT molecular complexity index is 537. The van der Waals surface area contributed by atoms with Gasteiger partial charge in [-0.25, -0.2) is 9.18 Å². The number of aliphatic hydroxyl groups is 2. The van der Waals surface area contributed by atoms with Crippen molar-refractivity contribution in [2.24, 2.45) is 0 Å². The summed E-state index contributed by atoms with van der Waals surface area (Å²) in [5, 5.41) is 18.8. The van der Waals surface area contributed by atoms with Gasteiger partial charge in [-0.1, -0.05) is 0 Å². The molecule has 0 unspecified atom stereocenters. The highest BCUT2D eigenvalue weighted by atomic mass is 19.2. The number of nitrogens with one attached hydrogen (secondary N) is 1. The fourth-order valence-corrected chi connectivity index (χ4v) is 1.72. The summed E-state index contributed by atoms with van der Waals surface area (Å²) in [5.74, 6) is -3.10. The van der Waals surface area contributed by atoms with Gasteiger partial charge >= 0.3 is 5.69 Å². The summed E-state index contributed by atoms with van der Waals surface area (Å²) in [7, 11) is 0. The van der Waals surface area contributed by atoms with Crippen LogP contribution in [0.1, 0.15) is 13.2 Å². The molecule has 2 heterocycles. The summed E-state index contributed by atoms with van der Waals surface area (Å²) < 4.78 is 19.5. The van der Waals surface area contributed by atoms with Crippen LogP contribution in [0.3, 0.4) is 0 Å². The van der Waals surface area contributed by atoms with E-state index in [1.807, 2.05) is 4.98 Å². The highest BCUT2D eigenvalue weighted by molar-refractivity contribution is 4.96. The number of aromatic amines is 1. The highest BCUT2D eigenvalue weighted by Crippen LogP contribution is 2.38. The van der Waals surface area contributed by atoms with Crippen LogP contribution in [-0.2, 0) is 4.74 Å². The van der Waals surface area contributed by atoms with Crippen LogP contribution in [0.2, 0.25) is 0 Å². The molecule has 0 spiro atoms. The molecule has 0 aliphatic carbocycles. The Morgan fingerprint density at radius 2 is 2.24 bits per heavy atom. The Hall–Kier alpha value is -1.51. The lowest BCUT2D eigenvalue weighted by atomic mass is 10.1. The first-order valence-corrected chi connectivity index (χ1v) is 4.90. The second-order valence-electron chi connectivity index (χ2n) is 3.88. The van der Waals surface area contributed by atoms with E-state index in [0.717, 1.165) is 12.3 Å². The van der Waals surface area contributed by atoms with Crippen molar-refractivity contribution < 1.29 is 19.3 Å². The van der Waals surface area contributed by atoms with Crippen molar-refractivity contribution in [1.29, 1.82) is 0 Å². The number of aliphatic hydroxyl groups excluding tert-OH is 1. The smallest absolute Gasteiger partial charge is 0.330 e. The Morgan fingerprint density at radius 3 is 2.71 bits per heavy atom. The number of halogens is 1. The Balaban J connectivity index is 2.48. The van der Waals surface area contributed by atoms with Gasteiger partial charge in [-0.05, 0) is 6.92 Å². The SMILES string of the molecule is C[C@H]1O[C@@H](n2ccc(=O)[nH]c2=O)[C@@](O)(F)[C@@H]1O. The molecule has 1 aliphatic heterocycles. The fourth-order valence-electron chi connectivity index (χ4n) is 1.72. The van der Waals surface area contributed by atoms with Crippen LogP contribution >= 0.6 is 0 Å². The Morgan fingerprint density at radius 1 is 1.59 bits per heavy atom. The van der Waals surface area contributed by atoms with E-state index in [1.54, 1.807) is 0 Å². The summed E-state index contributed by atoms with van der Waals surface area (Å²) in [6, 6.07) is 0.982. The molecule has 1 saturated heterocycles. The van der Waals surface area contributed by atoms with Crippen molar-refractivity contribution in [2.75, 3.05) is 0 Å². The number of H-pyrrole nitrogens is 1. The van der Waals surface area contributed by atoms with E-state index >= 15 is 0 Å². The average molecular weight is 246 g/mol. The second kappa shape index (κ2) is 3.76. The van der Waals surface area contributed by atoms with Crippen LogP contribution in [0, 0.1) is 0 Å². The number of ether oxygens (including phenoxy) is 1. The summed E-state index contributed by atoms with van der Waals surface area (Å²) in [6.45, 7) is 1.35. The van der Waals surface area contributed by atoms with E-state index < -0.39 is 35.5 Å². The molecule has 1 aromatic heterocycles. The van der Waals surface area contributed by atoms with Gasteiger partial charge in [-0.15, -0.1) is 0 Å². The van der Waals surface area contributed by atoms with Crippen LogP contribution in [0.5, 0.6) is 0 Å². The van der Waals surface area contributed by atoms with Gasteiger partial charge in [0, 0.05) is 12.3 Å². The van der Waals surface area contributed by atoms with Gasteiger partial charge in [0.1, 0.15) is 6.10 Å². The molecule has 8 heteroatoms. The second-order valence-corrected chi connectivity index (χ2v) is 3.88. The Labute approximate surface area is 94.1 Å². The minimum Gasteiger partial charge on any atom is -0.384 e. The zero-order valence-corrected chi connectivity index (χ0v) is 8.83. The third kappa shape index (κ3) is 1.79. The minimum atomic E-state index is -3.10. The molecule has 3 N–H and O–H groups in total. The lowest BCUT2D eigenvalue weighted by molar-refractivity contribution is -0.197. The van der Waals surface area contributed by atoms with E-state index in [-0.39, 0.29) is 0 Å². The van der Waals surface area contributed by atoms with E-state index in [4.69, 9.17) is 4.74 Å². The first-order valence-electron chi connectivity index (χ1n) is 4.90. The first kappa shape index (κ1) is 12.0. The fraction of sp³-hybridized carbons (Fsp3) is 0.556. The molecule has 1 fully saturated rings. The number of hydrogen-bond donors (Lipinski definition) is 3. The first-order chi connectivity index (χ1) is 7.84. The molecule has 0 saturated carbocycles. The molecule has 94 valence electrons. The average Bonchev–Trinajstić information content (AvgIpc) is 2.43. The topological polar surface area (TPSA) is 105 Å². The van der Waals surface area contributed by atoms with Crippen molar-refractivity contribution >= 4 is 0 Å². The molecule has 7 nitrogen and oxygen atoms in total. The minimum absolute atomic E-state index is 0.653. The number of hydrogen-bond acceptors (Lipinski definition) is 5. The number of aromatic nitrogens is 2. The van der Waals surface area contributed by atoms with Gasteiger partial charge in [0.2, 0.25) is 0 Å². The van der Waals surface area contributed by atoms with Crippen LogP contribution in [0.4, 0.5) is 4.39 Å². The zero-order chi connectivity index (χ0) is 12.8. The maximum absolute atomic E-state index is 13.8. The van der Waals surface area contributed by atoms with Crippen LogP contribution in [-0.4, -0.2) is 37.8 Å². The largest absolute Gasteiger partial charge is 0.384 e. The molecule has 0 radical (unpaired) electrons. The monoisotopic (exact) mass is 246 g/mol. The summed E-state index contributed by atoms with van der Waals surface area (Å²) >= 11 is 0. The quantitative estimate of drug-likeness (QED) is 0.557. The van der Waals surface area contributed by atoms with Crippen molar-refractivity contribution in [3.8, 4) is 0 Å². The van der Waals surface area contributed by atoms with Crippen molar-refractivity contribution in [3.05, 3.63) is 33.1 Å². The molecular formula is C9H11FN2O5. The van der Waals surface area contributed by atoms with E-state index in [9.17, 15) is 24.2 Å². The van der Waals surface area contributed by atoms with Crippen LogP contribution in [0.25, 0.3) is 0 Å². The molecule has 4 atom stereocenters. The number of alkyl halides is 1. The van der Waals surface area contributed by atoms with Gasteiger partial charge < -0.3 is 14.9 Å². The number of rotatable bonds is 1.